The monoisotopic (exact) mass is 290 g/mol. The number of amides is 1. The van der Waals surface area contributed by atoms with Gasteiger partial charge in [0, 0.05) is 24.3 Å². The van der Waals surface area contributed by atoms with Gasteiger partial charge in [-0.1, -0.05) is 19.8 Å². The van der Waals surface area contributed by atoms with E-state index in [1.54, 1.807) is 0 Å². The Morgan fingerprint density at radius 3 is 2.71 bits per heavy atom. The first-order chi connectivity index (χ1) is 10.3. The van der Waals surface area contributed by atoms with Crippen molar-refractivity contribution < 1.29 is 9.90 Å². The van der Waals surface area contributed by atoms with E-state index in [1.165, 1.54) is 0 Å². The van der Waals surface area contributed by atoms with Crippen LogP contribution in [-0.4, -0.2) is 41.7 Å². The Balaban J connectivity index is 2.06. The second-order valence-electron chi connectivity index (χ2n) is 5.69. The summed E-state index contributed by atoms with van der Waals surface area (Å²) in [7, 11) is 0. The van der Waals surface area contributed by atoms with E-state index in [9.17, 15) is 9.90 Å². The minimum Gasteiger partial charge on any atom is -0.394 e. The van der Waals surface area contributed by atoms with Gasteiger partial charge in [0.05, 0.1) is 12.6 Å². The summed E-state index contributed by atoms with van der Waals surface area (Å²) in [5.41, 5.74) is 1.75. The van der Waals surface area contributed by atoms with Crippen molar-refractivity contribution in [1.82, 2.24) is 4.90 Å². The molecule has 1 saturated heterocycles. The summed E-state index contributed by atoms with van der Waals surface area (Å²) >= 11 is 0. The van der Waals surface area contributed by atoms with E-state index in [-0.39, 0.29) is 18.6 Å². The van der Waals surface area contributed by atoms with Crippen LogP contribution in [0.15, 0.2) is 24.3 Å². The molecule has 1 unspecified atom stereocenters. The van der Waals surface area contributed by atoms with E-state index in [1.807, 2.05) is 29.2 Å². The first kappa shape index (κ1) is 15.8. The van der Waals surface area contributed by atoms with Crippen LogP contribution in [0.3, 0.4) is 0 Å². The SMILES string of the molecule is CCCNc1ccc(C(=O)N2CCCCCC2CO)cc1. The van der Waals surface area contributed by atoms with Crippen molar-refractivity contribution in [3.63, 3.8) is 0 Å². The molecule has 1 atom stereocenters. The van der Waals surface area contributed by atoms with Gasteiger partial charge in [0.2, 0.25) is 0 Å². The van der Waals surface area contributed by atoms with E-state index in [2.05, 4.69) is 12.2 Å². The molecule has 0 saturated carbocycles. The number of carbonyl (C=O) groups excluding carboxylic acids is 1. The van der Waals surface area contributed by atoms with Crippen molar-refractivity contribution in [3.05, 3.63) is 29.8 Å². The molecule has 4 heteroatoms. The summed E-state index contributed by atoms with van der Waals surface area (Å²) < 4.78 is 0. The lowest BCUT2D eigenvalue weighted by Crippen LogP contribution is -2.42. The molecule has 2 rings (SSSR count). The Morgan fingerprint density at radius 1 is 1.29 bits per heavy atom. The van der Waals surface area contributed by atoms with Crippen LogP contribution in [0.4, 0.5) is 5.69 Å². The second-order valence-corrected chi connectivity index (χ2v) is 5.69. The molecule has 21 heavy (non-hydrogen) atoms. The maximum atomic E-state index is 12.6. The minimum absolute atomic E-state index is 0.0297. The van der Waals surface area contributed by atoms with Gasteiger partial charge in [0.25, 0.3) is 5.91 Å². The highest BCUT2D eigenvalue weighted by molar-refractivity contribution is 5.94. The maximum Gasteiger partial charge on any atom is 0.254 e. The molecule has 0 aromatic heterocycles. The van der Waals surface area contributed by atoms with E-state index < -0.39 is 0 Å². The number of anilines is 1. The van der Waals surface area contributed by atoms with Gasteiger partial charge in [-0.05, 0) is 43.5 Å². The van der Waals surface area contributed by atoms with Gasteiger partial charge in [-0.3, -0.25) is 4.79 Å². The zero-order valence-corrected chi connectivity index (χ0v) is 12.8. The molecule has 1 fully saturated rings. The zero-order valence-electron chi connectivity index (χ0n) is 12.8. The Bertz CT molecular complexity index is 445. The molecular weight excluding hydrogens is 264 g/mol. The lowest BCUT2D eigenvalue weighted by atomic mass is 10.1. The number of nitrogens with one attached hydrogen (secondary N) is 1. The van der Waals surface area contributed by atoms with Gasteiger partial charge in [0.1, 0.15) is 0 Å². The highest BCUT2D eigenvalue weighted by Gasteiger charge is 2.25. The summed E-state index contributed by atoms with van der Waals surface area (Å²) in [6, 6.07) is 7.63. The average molecular weight is 290 g/mol. The summed E-state index contributed by atoms with van der Waals surface area (Å²) in [6.07, 6.45) is 5.23. The third kappa shape index (κ3) is 4.21. The van der Waals surface area contributed by atoms with Gasteiger partial charge in [0.15, 0.2) is 0 Å². The van der Waals surface area contributed by atoms with Crippen molar-refractivity contribution in [2.24, 2.45) is 0 Å². The Kier molecular flexibility index (Phi) is 6.05. The van der Waals surface area contributed by atoms with Crippen LogP contribution >= 0.6 is 0 Å². The largest absolute Gasteiger partial charge is 0.394 e. The fourth-order valence-corrected chi connectivity index (χ4v) is 2.80. The fraction of sp³-hybridized carbons (Fsp3) is 0.588. The lowest BCUT2D eigenvalue weighted by Gasteiger charge is -2.28. The number of rotatable bonds is 5. The van der Waals surface area contributed by atoms with E-state index in [0.717, 1.165) is 50.9 Å². The van der Waals surface area contributed by atoms with Gasteiger partial charge in [-0.25, -0.2) is 0 Å². The van der Waals surface area contributed by atoms with Crippen LogP contribution in [0, 0.1) is 0 Å². The Labute approximate surface area is 127 Å². The number of hydrogen-bond donors (Lipinski definition) is 2. The molecule has 0 radical (unpaired) electrons. The van der Waals surface area contributed by atoms with E-state index >= 15 is 0 Å². The van der Waals surface area contributed by atoms with Gasteiger partial charge in [-0.15, -0.1) is 0 Å². The predicted octanol–water partition coefficient (Wildman–Crippen LogP) is 2.89. The minimum atomic E-state index is -0.0297. The van der Waals surface area contributed by atoms with Gasteiger partial charge in [-0.2, -0.15) is 0 Å². The summed E-state index contributed by atoms with van der Waals surface area (Å²) in [6.45, 7) is 3.87. The van der Waals surface area contributed by atoms with Crippen LogP contribution < -0.4 is 5.32 Å². The number of aliphatic hydroxyl groups excluding tert-OH is 1. The first-order valence-corrected chi connectivity index (χ1v) is 8.02. The summed E-state index contributed by atoms with van der Waals surface area (Å²) in [5.74, 6) is 0.0398. The normalized spacial score (nSPS) is 19.1. The summed E-state index contributed by atoms with van der Waals surface area (Å²) in [4.78, 5) is 14.5. The molecule has 1 amide bonds. The molecule has 1 aliphatic rings. The molecule has 0 bridgehead atoms. The fourth-order valence-electron chi connectivity index (χ4n) is 2.80. The van der Waals surface area contributed by atoms with Crippen LogP contribution in [0.5, 0.6) is 0 Å². The highest BCUT2D eigenvalue weighted by Crippen LogP contribution is 2.20. The van der Waals surface area contributed by atoms with Crippen molar-refractivity contribution in [3.8, 4) is 0 Å². The third-order valence-corrected chi connectivity index (χ3v) is 4.06. The predicted molar refractivity (Wildman–Crippen MR) is 85.6 cm³/mol. The molecule has 1 heterocycles. The van der Waals surface area contributed by atoms with E-state index in [0.29, 0.717) is 5.56 Å². The molecule has 0 aliphatic carbocycles. The Hall–Kier alpha value is -1.55. The maximum absolute atomic E-state index is 12.6. The van der Waals surface area contributed by atoms with Crippen molar-refractivity contribution in [2.45, 2.75) is 45.1 Å². The van der Waals surface area contributed by atoms with Crippen LogP contribution in [0.1, 0.15) is 49.4 Å². The number of nitrogens with zero attached hydrogens (tertiary/aromatic N) is 1. The average Bonchev–Trinajstić information content (AvgIpc) is 2.78. The number of aliphatic hydroxyl groups is 1. The molecule has 0 spiro atoms. The molecule has 1 aromatic carbocycles. The highest BCUT2D eigenvalue weighted by atomic mass is 16.3. The van der Waals surface area contributed by atoms with Crippen molar-refractivity contribution >= 4 is 11.6 Å². The van der Waals surface area contributed by atoms with E-state index in [4.69, 9.17) is 0 Å². The van der Waals surface area contributed by atoms with Crippen molar-refractivity contribution in [2.75, 3.05) is 25.0 Å². The number of carbonyl (C=O) groups is 1. The molecule has 1 aromatic rings. The van der Waals surface area contributed by atoms with Gasteiger partial charge >= 0.3 is 0 Å². The molecule has 4 nitrogen and oxygen atoms in total. The topological polar surface area (TPSA) is 52.6 Å². The number of benzene rings is 1. The quantitative estimate of drug-likeness (QED) is 0.876. The van der Waals surface area contributed by atoms with Crippen LogP contribution in [0.2, 0.25) is 0 Å². The first-order valence-electron chi connectivity index (χ1n) is 8.02. The number of likely N-dealkylation sites (tertiary alicyclic amines) is 1. The van der Waals surface area contributed by atoms with Gasteiger partial charge < -0.3 is 15.3 Å². The van der Waals surface area contributed by atoms with Crippen molar-refractivity contribution in [1.29, 1.82) is 0 Å². The zero-order chi connectivity index (χ0) is 15.1. The third-order valence-electron chi connectivity index (χ3n) is 4.06. The standard InChI is InChI=1S/C17H26N2O2/c1-2-11-18-15-9-7-14(8-10-15)17(21)19-12-5-3-4-6-16(19)13-20/h7-10,16,18,20H,2-6,11-13H2,1H3. The molecule has 116 valence electrons. The second kappa shape index (κ2) is 8.03. The molecule has 2 N–H and O–H groups in total. The van der Waals surface area contributed by atoms with Crippen LogP contribution in [0.25, 0.3) is 0 Å². The molecule has 1 aliphatic heterocycles. The Morgan fingerprint density at radius 2 is 2.05 bits per heavy atom. The molecular formula is C17H26N2O2. The summed E-state index contributed by atoms with van der Waals surface area (Å²) in [5, 5.41) is 12.8. The lowest BCUT2D eigenvalue weighted by molar-refractivity contribution is 0.0600. The smallest absolute Gasteiger partial charge is 0.254 e. The van der Waals surface area contributed by atoms with Crippen LogP contribution in [-0.2, 0) is 0 Å². The number of hydrogen-bond acceptors (Lipinski definition) is 3.